The van der Waals surface area contributed by atoms with E-state index >= 15 is 0 Å². The molecule has 0 atom stereocenters. The van der Waals surface area contributed by atoms with Gasteiger partial charge in [0.05, 0.1) is 6.26 Å². The highest BCUT2D eigenvalue weighted by Crippen LogP contribution is 2.00. The molecule has 78 valence electrons. The normalized spacial score (nSPS) is 9.93. The quantitative estimate of drug-likeness (QED) is 0.333. The Morgan fingerprint density at radius 3 is 2.40 bits per heavy atom. The van der Waals surface area contributed by atoms with Gasteiger partial charge < -0.3 is 9.57 Å². The van der Waals surface area contributed by atoms with Gasteiger partial charge in [0.2, 0.25) is 0 Å². The van der Waals surface area contributed by atoms with Gasteiger partial charge in [-0.3, -0.25) is 0 Å². The molecule has 0 bridgehead atoms. The number of hydrogen-bond acceptors (Lipinski definition) is 5. The van der Waals surface area contributed by atoms with Gasteiger partial charge in [-0.05, 0) is 11.6 Å². The molecule has 0 aliphatic carbocycles. The minimum Gasteiger partial charge on any atom is -0.426 e. The van der Waals surface area contributed by atoms with E-state index in [1.54, 1.807) is 0 Å². The molecule has 5 nitrogen and oxygen atoms in total. The molecular formula is C10H9NO4. The summed E-state index contributed by atoms with van der Waals surface area (Å²) in [4.78, 5) is 24.9. The summed E-state index contributed by atoms with van der Waals surface area (Å²) in [5.74, 6) is 2.08. The molecule has 0 saturated carbocycles. The van der Waals surface area contributed by atoms with Gasteiger partial charge in [-0.2, -0.15) is 5.90 Å². The van der Waals surface area contributed by atoms with Crippen LogP contribution in [0.15, 0.2) is 36.6 Å². The lowest BCUT2D eigenvalue weighted by molar-refractivity contribution is -0.164. The molecule has 0 aromatic heterocycles. The van der Waals surface area contributed by atoms with E-state index in [4.69, 9.17) is 0 Å². The highest BCUT2D eigenvalue weighted by Gasteiger charge is 2.14. The Bertz CT molecular complexity index is 372. The molecule has 0 heterocycles. The Hall–Kier alpha value is -2.14. The summed E-state index contributed by atoms with van der Waals surface area (Å²) in [5, 5.41) is 0. The van der Waals surface area contributed by atoms with Crippen molar-refractivity contribution in [2.24, 2.45) is 5.90 Å². The number of ether oxygens (including phenoxy) is 1. The van der Waals surface area contributed by atoms with Crippen molar-refractivity contribution in [3.05, 3.63) is 42.2 Å². The van der Waals surface area contributed by atoms with Crippen LogP contribution in [-0.4, -0.2) is 11.9 Å². The third-order valence-electron chi connectivity index (χ3n) is 1.51. The lowest BCUT2D eigenvalue weighted by atomic mass is 10.2. The Morgan fingerprint density at radius 1 is 1.13 bits per heavy atom. The molecule has 0 amide bonds. The van der Waals surface area contributed by atoms with Crippen LogP contribution in [0.2, 0.25) is 0 Å². The number of carbonyl (C=O) groups excluding carboxylic acids is 2. The van der Waals surface area contributed by atoms with E-state index in [1.807, 2.05) is 30.3 Å². The van der Waals surface area contributed by atoms with E-state index in [0.717, 1.165) is 11.8 Å². The van der Waals surface area contributed by atoms with Gasteiger partial charge in [-0.15, -0.1) is 0 Å². The smallest absolute Gasteiger partial charge is 0.426 e. The molecule has 0 radical (unpaired) electrons. The molecule has 1 aromatic rings. The standard InChI is InChI=1S/C10H9NO4/c11-15-10(13)9(12)14-7-6-8-4-2-1-3-5-8/h1-7H,11H2. The molecule has 1 rings (SSSR count). The summed E-state index contributed by atoms with van der Waals surface area (Å²) in [6.07, 6.45) is 2.62. The third-order valence-corrected chi connectivity index (χ3v) is 1.51. The highest BCUT2D eigenvalue weighted by molar-refractivity contribution is 6.29. The molecule has 0 aliphatic heterocycles. The third kappa shape index (κ3) is 3.61. The summed E-state index contributed by atoms with van der Waals surface area (Å²) in [7, 11) is 0. The summed E-state index contributed by atoms with van der Waals surface area (Å²) in [6, 6.07) is 9.14. The fourth-order valence-corrected chi connectivity index (χ4v) is 0.835. The average molecular weight is 207 g/mol. The monoisotopic (exact) mass is 207 g/mol. The maximum atomic E-state index is 10.7. The molecule has 15 heavy (non-hydrogen) atoms. The predicted octanol–water partition coefficient (Wildman–Crippen LogP) is 0.617. The van der Waals surface area contributed by atoms with Crippen LogP contribution in [0.5, 0.6) is 0 Å². The predicted molar refractivity (Wildman–Crippen MR) is 51.8 cm³/mol. The Morgan fingerprint density at radius 2 is 1.80 bits per heavy atom. The van der Waals surface area contributed by atoms with Crippen molar-refractivity contribution in [2.75, 3.05) is 0 Å². The highest BCUT2D eigenvalue weighted by atomic mass is 16.7. The molecule has 1 aromatic carbocycles. The summed E-state index contributed by atoms with van der Waals surface area (Å²) >= 11 is 0. The Labute approximate surface area is 86.0 Å². The van der Waals surface area contributed by atoms with Crippen molar-refractivity contribution in [1.29, 1.82) is 0 Å². The van der Waals surface area contributed by atoms with E-state index in [0.29, 0.717) is 0 Å². The SMILES string of the molecule is NOC(=O)C(=O)OC=Cc1ccccc1. The van der Waals surface area contributed by atoms with Crippen molar-refractivity contribution < 1.29 is 19.2 Å². The molecule has 5 heteroatoms. The largest absolute Gasteiger partial charge is 0.436 e. The van der Waals surface area contributed by atoms with Crippen LogP contribution in [0.1, 0.15) is 5.56 Å². The maximum absolute atomic E-state index is 10.7. The zero-order chi connectivity index (χ0) is 11.1. The van der Waals surface area contributed by atoms with E-state index in [1.165, 1.54) is 6.08 Å². The first kappa shape index (κ1) is 10.9. The molecule has 2 N–H and O–H groups in total. The van der Waals surface area contributed by atoms with Crippen LogP contribution >= 0.6 is 0 Å². The van der Waals surface area contributed by atoms with E-state index < -0.39 is 11.9 Å². The van der Waals surface area contributed by atoms with Crippen molar-refractivity contribution >= 4 is 18.0 Å². The van der Waals surface area contributed by atoms with E-state index in [-0.39, 0.29) is 0 Å². The average Bonchev–Trinajstić information content (AvgIpc) is 2.29. The number of rotatable bonds is 2. The van der Waals surface area contributed by atoms with Gasteiger partial charge in [0.15, 0.2) is 0 Å². The molecule has 0 unspecified atom stereocenters. The van der Waals surface area contributed by atoms with Gasteiger partial charge in [0, 0.05) is 0 Å². The van der Waals surface area contributed by atoms with Crippen molar-refractivity contribution in [3.8, 4) is 0 Å². The van der Waals surface area contributed by atoms with Crippen LogP contribution in [0.25, 0.3) is 6.08 Å². The van der Waals surface area contributed by atoms with Gasteiger partial charge in [0.25, 0.3) is 0 Å². The molecule has 0 fully saturated rings. The first-order valence-corrected chi connectivity index (χ1v) is 4.07. The second-order valence-corrected chi connectivity index (χ2v) is 2.52. The molecule has 0 spiro atoms. The van der Waals surface area contributed by atoms with E-state index in [2.05, 4.69) is 15.5 Å². The number of benzene rings is 1. The zero-order valence-electron chi connectivity index (χ0n) is 7.75. The van der Waals surface area contributed by atoms with Crippen LogP contribution in [0.3, 0.4) is 0 Å². The lowest BCUT2D eigenvalue weighted by Crippen LogP contribution is -2.21. The van der Waals surface area contributed by atoms with E-state index in [9.17, 15) is 9.59 Å². The fraction of sp³-hybridized carbons (Fsp3) is 0. The van der Waals surface area contributed by atoms with Crippen LogP contribution in [-0.2, 0) is 19.2 Å². The number of nitrogens with two attached hydrogens (primary N) is 1. The van der Waals surface area contributed by atoms with Crippen LogP contribution in [0, 0.1) is 0 Å². The Balaban J connectivity index is 2.47. The number of carbonyl (C=O) groups is 2. The maximum Gasteiger partial charge on any atom is 0.436 e. The first-order chi connectivity index (χ1) is 7.24. The van der Waals surface area contributed by atoms with Gasteiger partial charge >= 0.3 is 11.9 Å². The summed E-state index contributed by atoms with van der Waals surface area (Å²) in [6.45, 7) is 0. The summed E-state index contributed by atoms with van der Waals surface area (Å²) < 4.78 is 4.42. The molecular weight excluding hydrogens is 198 g/mol. The molecule has 0 aliphatic rings. The minimum atomic E-state index is -1.24. The second kappa shape index (κ2) is 5.56. The summed E-state index contributed by atoms with van der Waals surface area (Å²) in [5.41, 5.74) is 0.839. The lowest BCUT2D eigenvalue weighted by Gasteiger charge is -1.95. The number of esters is 1. The van der Waals surface area contributed by atoms with Crippen molar-refractivity contribution in [3.63, 3.8) is 0 Å². The molecule has 0 saturated heterocycles. The Kier molecular flexibility index (Phi) is 4.05. The first-order valence-electron chi connectivity index (χ1n) is 4.07. The van der Waals surface area contributed by atoms with Gasteiger partial charge in [-0.1, -0.05) is 30.3 Å². The fourth-order valence-electron chi connectivity index (χ4n) is 0.835. The van der Waals surface area contributed by atoms with Gasteiger partial charge in [0.1, 0.15) is 0 Å². The number of hydrogen-bond donors (Lipinski definition) is 1. The van der Waals surface area contributed by atoms with Gasteiger partial charge in [-0.25, -0.2) is 9.59 Å². The second-order valence-electron chi connectivity index (χ2n) is 2.52. The van der Waals surface area contributed by atoms with Crippen LogP contribution < -0.4 is 5.90 Å². The van der Waals surface area contributed by atoms with Crippen molar-refractivity contribution in [2.45, 2.75) is 0 Å². The van der Waals surface area contributed by atoms with Crippen molar-refractivity contribution in [1.82, 2.24) is 0 Å². The topological polar surface area (TPSA) is 78.6 Å². The minimum absolute atomic E-state index is 0.839. The zero-order valence-corrected chi connectivity index (χ0v) is 7.75. The van der Waals surface area contributed by atoms with Crippen LogP contribution in [0.4, 0.5) is 0 Å².